The number of hydrogen-bond acceptors (Lipinski definition) is 5. The van der Waals surface area contributed by atoms with Crippen molar-refractivity contribution in [1.29, 1.82) is 0 Å². The summed E-state index contributed by atoms with van der Waals surface area (Å²) in [5.41, 5.74) is 2.02. The Hall–Kier alpha value is -2.38. The highest BCUT2D eigenvalue weighted by atomic mass is 16.5. The van der Waals surface area contributed by atoms with Crippen LogP contribution in [0.5, 0.6) is 0 Å². The number of amides is 1. The molecule has 8 heteroatoms. The second-order valence-electron chi connectivity index (χ2n) is 15.0. The molecule has 4 aliphatic rings. The Bertz CT molecular complexity index is 1070. The van der Waals surface area contributed by atoms with E-state index in [2.05, 4.69) is 33.8 Å². The Morgan fingerprint density at radius 3 is 2.40 bits per heavy atom. The number of carboxylic acid groups (broad SMARTS) is 2. The van der Waals surface area contributed by atoms with E-state index in [1.54, 1.807) is 0 Å². The fraction of sp³-hybridized carbons (Fsp3) is 0.829. The quantitative estimate of drug-likeness (QED) is 0.127. The maximum absolute atomic E-state index is 12.9. The van der Waals surface area contributed by atoms with Crippen molar-refractivity contribution in [2.24, 2.45) is 40.4 Å². The van der Waals surface area contributed by atoms with Gasteiger partial charge in [0.05, 0.1) is 0 Å². The first-order chi connectivity index (χ1) is 20.3. The zero-order valence-electron chi connectivity index (χ0n) is 26.9. The average molecular weight is 602 g/mol. The number of rotatable bonds is 14. The standard InChI is InChI=1S/C35H55NO7/c1-23(2)8-5-6-9-24-13-15-28-27-14-12-25-20-26(16-18-35(25,4)29(27)17-19-34(24,28)3)43-33(42)22-36(21-32(40)41)30(37)10-7-11-31(38)39/h12,23-24,26-29H,5-11,13-22H2,1-4H3,(H,38,39)(H,40,41). The van der Waals surface area contributed by atoms with Crippen LogP contribution in [0.4, 0.5) is 0 Å². The number of carbonyl (C=O) groups excluding carboxylic acids is 2. The summed E-state index contributed by atoms with van der Waals surface area (Å²) in [5.74, 6) is 0.484. The number of carbonyl (C=O) groups is 4. The van der Waals surface area contributed by atoms with Crippen LogP contribution in [-0.2, 0) is 23.9 Å². The number of ether oxygens (including phenoxy) is 1. The second-order valence-corrected chi connectivity index (χ2v) is 15.0. The van der Waals surface area contributed by atoms with Crippen molar-refractivity contribution in [2.45, 2.75) is 130 Å². The number of allylic oxidation sites excluding steroid dienone is 1. The first-order valence-corrected chi connectivity index (χ1v) is 16.9. The van der Waals surface area contributed by atoms with Gasteiger partial charge in [0, 0.05) is 19.3 Å². The molecule has 7 atom stereocenters. The summed E-state index contributed by atoms with van der Waals surface area (Å²) in [4.78, 5) is 48.4. The minimum atomic E-state index is -1.22. The summed E-state index contributed by atoms with van der Waals surface area (Å²) in [6.07, 6.45) is 16.4. The lowest BCUT2D eigenvalue weighted by Gasteiger charge is -2.58. The van der Waals surface area contributed by atoms with Crippen LogP contribution >= 0.6 is 0 Å². The molecule has 0 aliphatic heterocycles. The van der Waals surface area contributed by atoms with E-state index in [0.717, 1.165) is 47.8 Å². The first kappa shape index (κ1) is 33.5. The lowest BCUT2D eigenvalue weighted by atomic mass is 9.47. The summed E-state index contributed by atoms with van der Waals surface area (Å²) >= 11 is 0. The summed E-state index contributed by atoms with van der Waals surface area (Å²) in [6.45, 7) is 8.65. The minimum absolute atomic E-state index is 0.0931. The molecule has 43 heavy (non-hydrogen) atoms. The molecular formula is C35H55NO7. The molecule has 7 unspecified atom stereocenters. The van der Waals surface area contributed by atoms with E-state index in [0.29, 0.717) is 17.8 Å². The first-order valence-electron chi connectivity index (χ1n) is 16.9. The number of hydrogen-bond donors (Lipinski definition) is 2. The smallest absolute Gasteiger partial charge is 0.325 e. The van der Waals surface area contributed by atoms with Crippen LogP contribution in [-0.4, -0.2) is 58.1 Å². The maximum Gasteiger partial charge on any atom is 0.325 e. The Kier molecular flexibility index (Phi) is 11.0. The van der Waals surface area contributed by atoms with Crippen molar-refractivity contribution in [2.75, 3.05) is 13.1 Å². The third-order valence-corrected chi connectivity index (χ3v) is 11.9. The van der Waals surface area contributed by atoms with Crippen LogP contribution in [0, 0.1) is 40.4 Å². The van der Waals surface area contributed by atoms with E-state index >= 15 is 0 Å². The van der Waals surface area contributed by atoms with Gasteiger partial charge in [-0.25, -0.2) is 0 Å². The highest BCUT2D eigenvalue weighted by Gasteiger charge is 2.58. The van der Waals surface area contributed by atoms with Gasteiger partial charge in [-0.05, 0) is 98.2 Å². The largest absolute Gasteiger partial charge is 0.481 e. The molecule has 0 aromatic rings. The Labute approximate surface area is 258 Å². The van der Waals surface area contributed by atoms with Crippen molar-refractivity contribution >= 4 is 23.8 Å². The van der Waals surface area contributed by atoms with Crippen LogP contribution in [0.15, 0.2) is 11.6 Å². The van der Waals surface area contributed by atoms with Gasteiger partial charge in [-0.15, -0.1) is 0 Å². The lowest BCUT2D eigenvalue weighted by molar-refractivity contribution is -0.157. The predicted octanol–water partition coefficient (Wildman–Crippen LogP) is 6.86. The van der Waals surface area contributed by atoms with Gasteiger partial charge < -0.3 is 19.8 Å². The molecule has 0 saturated heterocycles. The molecule has 0 aromatic carbocycles. The number of unbranched alkanes of at least 4 members (excludes halogenated alkanes) is 1. The van der Waals surface area contributed by atoms with Crippen LogP contribution in [0.3, 0.4) is 0 Å². The molecule has 8 nitrogen and oxygen atoms in total. The molecule has 0 radical (unpaired) electrons. The van der Waals surface area contributed by atoms with Crippen molar-refractivity contribution < 1.29 is 34.1 Å². The zero-order chi connectivity index (χ0) is 31.4. The van der Waals surface area contributed by atoms with E-state index < -0.39 is 36.9 Å². The van der Waals surface area contributed by atoms with Gasteiger partial charge in [-0.1, -0.05) is 58.6 Å². The molecule has 0 bridgehead atoms. The van der Waals surface area contributed by atoms with Gasteiger partial charge in [-0.3, -0.25) is 19.2 Å². The van der Waals surface area contributed by atoms with Crippen molar-refractivity contribution in [3.8, 4) is 0 Å². The van der Waals surface area contributed by atoms with Crippen LogP contribution < -0.4 is 0 Å². The molecule has 0 spiro atoms. The van der Waals surface area contributed by atoms with Gasteiger partial charge in [-0.2, -0.15) is 0 Å². The summed E-state index contributed by atoms with van der Waals surface area (Å²) in [5, 5.41) is 18.1. The third-order valence-electron chi connectivity index (χ3n) is 11.9. The number of fused-ring (bicyclic) bond motifs is 5. The Morgan fingerprint density at radius 1 is 0.930 bits per heavy atom. The van der Waals surface area contributed by atoms with Crippen molar-refractivity contribution in [3.63, 3.8) is 0 Å². The molecule has 0 heterocycles. The fourth-order valence-corrected chi connectivity index (χ4v) is 9.58. The zero-order valence-corrected chi connectivity index (χ0v) is 26.9. The highest BCUT2D eigenvalue weighted by Crippen LogP contribution is 2.66. The fourth-order valence-electron chi connectivity index (χ4n) is 9.58. The van der Waals surface area contributed by atoms with Gasteiger partial charge in [0.15, 0.2) is 0 Å². The normalized spacial score (nSPS) is 33.1. The SMILES string of the molecule is CC(C)CCCCC1CCC2C3CC=C4CC(OC(=O)CN(CC(=O)O)C(=O)CCCC(=O)O)CCC4(C)C3CCC12C. The Morgan fingerprint density at radius 2 is 1.70 bits per heavy atom. The number of carboxylic acids is 2. The molecule has 4 aliphatic carbocycles. The predicted molar refractivity (Wildman–Crippen MR) is 164 cm³/mol. The van der Waals surface area contributed by atoms with Crippen LogP contribution in [0.2, 0.25) is 0 Å². The van der Waals surface area contributed by atoms with Gasteiger partial charge >= 0.3 is 17.9 Å². The minimum Gasteiger partial charge on any atom is -0.481 e. The molecule has 242 valence electrons. The van der Waals surface area contributed by atoms with E-state index in [4.69, 9.17) is 9.84 Å². The lowest BCUT2D eigenvalue weighted by Crippen LogP contribution is -2.50. The highest BCUT2D eigenvalue weighted by molar-refractivity contribution is 5.85. The van der Waals surface area contributed by atoms with E-state index in [1.807, 2.05) is 0 Å². The monoisotopic (exact) mass is 601 g/mol. The average Bonchev–Trinajstić information content (AvgIpc) is 3.26. The summed E-state index contributed by atoms with van der Waals surface area (Å²) in [6, 6.07) is 0. The molecular weight excluding hydrogens is 546 g/mol. The molecule has 4 rings (SSSR count). The number of nitrogens with zero attached hydrogens (tertiary/aromatic N) is 1. The van der Waals surface area contributed by atoms with E-state index in [1.165, 1.54) is 56.9 Å². The Balaban J connectivity index is 1.33. The molecule has 3 fully saturated rings. The molecule has 3 saturated carbocycles. The summed E-state index contributed by atoms with van der Waals surface area (Å²) < 4.78 is 5.83. The van der Waals surface area contributed by atoms with Crippen molar-refractivity contribution in [1.82, 2.24) is 4.90 Å². The van der Waals surface area contributed by atoms with Crippen LogP contribution in [0.1, 0.15) is 124 Å². The third kappa shape index (κ3) is 7.83. The molecule has 2 N–H and O–H groups in total. The topological polar surface area (TPSA) is 121 Å². The van der Waals surface area contributed by atoms with E-state index in [9.17, 15) is 24.3 Å². The number of aliphatic carboxylic acids is 2. The maximum atomic E-state index is 12.9. The molecule has 0 aromatic heterocycles. The van der Waals surface area contributed by atoms with Gasteiger partial charge in [0.2, 0.25) is 5.91 Å². The second kappa shape index (κ2) is 14.2. The van der Waals surface area contributed by atoms with Gasteiger partial charge in [0.25, 0.3) is 0 Å². The van der Waals surface area contributed by atoms with E-state index in [-0.39, 0.29) is 30.8 Å². The van der Waals surface area contributed by atoms with Gasteiger partial charge in [0.1, 0.15) is 19.2 Å². The van der Waals surface area contributed by atoms with Crippen molar-refractivity contribution in [3.05, 3.63) is 11.6 Å². The number of esters is 1. The summed E-state index contributed by atoms with van der Waals surface area (Å²) in [7, 11) is 0. The molecule has 1 amide bonds. The van der Waals surface area contributed by atoms with Crippen LogP contribution in [0.25, 0.3) is 0 Å².